The van der Waals surface area contributed by atoms with Gasteiger partial charge in [-0.1, -0.05) is 15.9 Å². The molecule has 1 aromatic carbocycles. The maximum Gasteiger partial charge on any atom is 0.237 e. The highest BCUT2D eigenvalue weighted by Gasteiger charge is 2.04. The summed E-state index contributed by atoms with van der Waals surface area (Å²) in [6.07, 6.45) is 2.63. The van der Waals surface area contributed by atoms with Gasteiger partial charge in [-0.25, -0.2) is 14.4 Å². The number of aromatic nitrogens is 2. The van der Waals surface area contributed by atoms with Crippen LogP contribution in [0.3, 0.4) is 0 Å². The molecule has 2 rings (SSSR count). The Bertz CT molecular complexity index is 568. The van der Waals surface area contributed by atoms with Gasteiger partial charge in [0.15, 0.2) is 0 Å². The van der Waals surface area contributed by atoms with Crippen LogP contribution < -0.4 is 10.5 Å². The molecule has 3 N–H and O–H groups in total. The number of hydrogen-bond donors (Lipinski definition) is 2. The van der Waals surface area contributed by atoms with Crippen molar-refractivity contribution in [2.45, 2.75) is 0 Å². The highest BCUT2D eigenvalue weighted by Crippen LogP contribution is 2.24. The summed E-state index contributed by atoms with van der Waals surface area (Å²) in [6.45, 7) is 0. The van der Waals surface area contributed by atoms with Crippen molar-refractivity contribution in [1.82, 2.24) is 9.97 Å². The van der Waals surface area contributed by atoms with Crippen LogP contribution in [0.4, 0.5) is 4.39 Å². The average molecular weight is 311 g/mol. The van der Waals surface area contributed by atoms with E-state index in [-0.39, 0.29) is 17.4 Å². The minimum Gasteiger partial charge on any atom is -0.437 e. The maximum absolute atomic E-state index is 13.1. The second-order valence-corrected chi connectivity index (χ2v) is 4.28. The number of nitrogen functional groups attached to an aromatic ring is 1. The first-order chi connectivity index (χ1) is 8.54. The van der Waals surface area contributed by atoms with E-state index in [1.807, 2.05) is 0 Å². The molecule has 5 nitrogen and oxygen atoms in total. The van der Waals surface area contributed by atoms with Gasteiger partial charge < -0.3 is 10.5 Å². The van der Waals surface area contributed by atoms with Crippen LogP contribution in [0, 0.1) is 11.2 Å². The van der Waals surface area contributed by atoms with E-state index in [0.717, 1.165) is 0 Å². The summed E-state index contributed by atoms with van der Waals surface area (Å²) in [4.78, 5) is 7.79. The van der Waals surface area contributed by atoms with Crippen LogP contribution in [0.25, 0.3) is 0 Å². The quantitative estimate of drug-likeness (QED) is 0.673. The maximum atomic E-state index is 13.1. The number of amidine groups is 1. The lowest BCUT2D eigenvalue weighted by molar-refractivity contribution is 0.455. The molecule has 0 fully saturated rings. The molecule has 18 heavy (non-hydrogen) atoms. The molecule has 0 amide bonds. The van der Waals surface area contributed by atoms with Crippen molar-refractivity contribution in [2.75, 3.05) is 0 Å². The molecule has 0 unspecified atom stereocenters. The summed E-state index contributed by atoms with van der Waals surface area (Å²) < 4.78 is 19.0. The van der Waals surface area contributed by atoms with Crippen LogP contribution in [0.1, 0.15) is 5.69 Å². The number of halogens is 2. The Morgan fingerprint density at radius 2 is 2.06 bits per heavy atom. The van der Waals surface area contributed by atoms with Crippen molar-refractivity contribution in [3.05, 3.63) is 46.6 Å². The summed E-state index contributed by atoms with van der Waals surface area (Å²) in [5, 5.41) is 7.16. The first kappa shape index (κ1) is 12.4. The molecule has 92 valence electrons. The number of nitrogens with one attached hydrogen (secondary N) is 1. The number of nitrogens with zero attached hydrogens (tertiary/aromatic N) is 2. The van der Waals surface area contributed by atoms with Crippen LogP contribution in [0.5, 0.6) is 11.6 Å². The highest BCUT2D eigenvalue weighted by atomic mass is 79.9. The monoisotopic (exact) mass is 310 g/mol. The molecule has 1 heterocycles. The Hall–Kier alpha value is -2.02. The molecule has 7 heteroatoms. The molecule has 0 bridgehead atoms. The van der Waals surface area contributed by atoms with E-state index in [1.54, 1.807) is 6.07 Å². The Morgan fingerprint density at radius 3 is 2.61 bits per heavy atom. The standard InChI is InChI=1S/C11H8BrFN4O/c12-6-1-7(13)3-8(2-6)18-10-5-16-9(4-17-10)11(14)15/h1-5H,(H3,14,15). The normalized spacial score (nSPS) is 10.1. The SMILES string of the molecule is N=C(N)c1cnc(Oc2cc(F)cc(Br)c2)cn1. The van der Waals surface area contributed by atoms with E-state index in [4.69, 9.17) is 15.9 Å². The molecule has 0 radical (unpaired) electrons. The fourth-order valence-corrected chi connectivity index (χ4v) is 1.66. The number of ether oxygens (including phenoxy) is 1. The Balaban J connectivity index is 2.20. The van der Waals surface area contributed by atoms with Crippen molar-refractivity contribution in [3.63, 3.8) is 0 Å². The van der Waals surface area contributed by atoms with Gasteiger partial charge in [0.2, 0.25) is 5.88 Å². The molecule has 0 atom stereocenters. The van der Waals surface area contributed by atoms with E-state index in [2.05, 4.69) is 25.9 Å². The van der Waals surface area contributed by atoms with Crippen molar-refractivity contribution in [2.24, 2.45) is 5.73 Å². The zero-order valence-electron chi connectivity index (χ0n) is 9.02. The minimum atomic E-state index is -0.423. The average Bonchev–Trinajstić information content (AvgIpc) is 2.28. The van der Waals surface area contributed by atoms with E-state index in [0.29, 0.717) is 10.2 Å². The van der Waals surface area contributed by atoms with Gasteiger partial charge in [-0.2, -0.15) is 0 Å². The van der Waals surface area contributed by atoms with Crippen molar-refractivity contribution < 1.29 is 9.13 Å². The van der Waals surface area contributed by atoms with Gasteiger partial charge in [-0.15, -0.1) is 0 Å². The molecule has 0 saturated carbocycles. The van der Waals surface area contributed by atoms with E-state index in [9.17, 15) is 4.39 Å². The van der Waals surface area contributed by atoms with Gasteiger partial charge in [0, 0.05) is 10.5 Å². The van der Waals surface area contributed by atoms with Crippen LogP contribution in [0.15, 0.2) is 35.1 Å². The van der Waals surface area contributed by atoms with E-state index >= 15 is 0 Å². The Morgan fingerprint density at radius 1 is 1.28 bits per heavy atom. The molecule has 0 aliphatic heterocycles. The summed E-state index contributed by atoms with van der Waals surface area (Å²) in [5.74, 6) is -0.112. The predicted molar refractivity (Wildman–Crippen MR) is 67.2 cm³/mol. The molecule has 0 saturated heterocycles. The first-order valence-corrected chi connectivity index (χ1v) is 5.64. The lowest BCUT2D eigenvalue weighted by Crippen LogP contribution is -2.13. The molecule has 0 aliphatic carbocycles. The largest absolute Gasteiger partial charge is 0.437 e. The van der Waals surface area contributed by atoms with Gasteiger partial charge >= 0.3 is 0 Å². The Labute approximate surface area is 110 Å². The third kappa shape index (κ3) is 3.01. The minimum absolute atomic E-state index is 0.178. The van der Waals surface area contributed by atoms with Crippen LogP contribution in [0.2, 0.25) is 0 Å². The predicted octanol–water partition coefficient (Wildman–Crippen LogP) is 2.45. The molecule has 0 aliphatic rings. The summed E-state index contributed by atoms with van der Waals surface area (Å²) in [6, 6.07) is 4.15. The molecule has 0 spiro atoms. The molecular formula is C11H8BrFN4O. The second-order valence-electron chi connectivity index (χ2n) is 3.36. The number of hydrogen-bond acceptors (Lipinski definition) is 4. The van der Waals surface area contributed by atoms with Crippen molar-refractivity contribution >= 4 is 21.8 Å². The number of nitrogens with two attached hydrogens (primary N) is 1. The van der Waals surface area contributed by atoms with Gasteiger partial charge in [0.25, 0.3) is 0 Å². The molecular weight excluding hydrogens is 303 g/mol. The lowest BCUT2D eigenvalue weighted by atomic mass is 10.3. The number of benzene rings is 1. The Kier molecular flexibility index (Phi) is 3.52. The molecule has 1 aromatic heterocycles. The summed E-state index contributed by atoms with van der Waals surface area (Å²) in [5.41, 5.74) is 5.49. The van der Waals surface area contributed by atoms with E-state index in [1.165, 1.54) is 24.5 Å². The van der Waals surface area contributed by atoms with Crippen LogP contribution >= 0.6 is 15.9 Å². The van der Waals surface area contributed by atoms with Gasteiger partial charge in [0.1, 0.15) is 23.1 Å². The zero-order chi connectivity index (χ0) is 13.1. The van der Waals surface area contributed by atoms with Gasteiger partial charge in [0.05, 0.1) is 12.4 Å². The molecule has 2 aromatic rings. The van der Waals surface area contributed by atoms with Crippen molar-refractivity contribution in [1.29, 1.82) is 5.41 Å². The third-order valence-electron chi connectivity index (χ3n) is 1.96. The van der Waals surface area contributed by atoms with E-state index < -0.39 is 5.82 Å². The number of rotatable bonds is 3. The fourth-order valence-electron chi connectivity index (χ4n) is 1.22. The van der Waals surface area contributed by atoms with Crippen LogP contribution in [-0.4, -0.2) is 15.8 Å². The third-order valence-corrected chi connectivity index (χ3v) is 2.42. The topological polar surface area (TPSA) is 84.9 Å². The zero-order valence-corrected chi connectivity index (χ0v) is 10.6. The highest BCUT2D eigenvalue weighted by molar-refractivity contribution is 9.10. The van der Waals surface area contributed by atoms with Gasteiger partial charge in [-0.05, 0) is 12.1 Å². The fraction of sp³-hybridized carbons (Fsp3) is 0. The smallest absolute Gasteiger partial charge is 0.237 e. The summed E-state index contributed by atoms with van der Waals surface area (Å²) in [7, 11) is 0. The van der Waals surface area contributed by atoms with Crippen molar-refractivity contribution in [3.8, 4) is 11.6 Å². The summed E-state index contributed by atoms with van der Waals surface area (Å²) >= 11 is 3.16. The lowest BCUT2D eigenvalue weighted by Gasteiger charge is -2.05. The first-order valence-electron chi connectivity index (χ1n) is 4.85. The van der Waals surface area contributed by atoms with Gasteiger partial charge in [-0.3, -0.25) is 5.41 Å². The van der Waals surface area contributed by atoms with Crippen LogP contribution in [-0.2, 0) is 0 Å². The second kappa shape index (κ2) is 5.09.